The highest BCUT2D eigenvalue weighted by atomic mass is 32.2. The van der Waals surface area contributed by atoms with E-state index in [1.807, 2.05) is 0 Å². The summed E-state index contributed by atoms with van der Waals surface area (Å²) in [5.74, 6) is 1.82. The molecule has 1 saturated carbocycles. The molecule has 0 radical (unpaired) electrons. The van der Waals surface area contributed by atoms with Crippen molar-refractivity contribution < 1.29 is 0 Å². The summed E-state index contributed by atoms with van der Waals surface area (Å²) < 4.78 is 0. The second kappa shape index (κ2) is 11.9. The van der Waals surface area contributed by atoms with Gasteiger partial charge in [-0.3, -0.25) is 0 Å². The van der Waals surface area contributed by atoms with E-state index in [0.29, 0.717) is 16.3 Å². The fraction of sp³-hybridized carbons (Fsp3) is 0.652. The van der Waals surface area contributed by atoms with E-state index in [2.05, 4.69) is 58.5 Å². The zero-order valence-corrected chi connectivity index (χ0v) is 20.1. The average molecular weight is 448 g/mol. The van der Waals surface area contributed by atoms with Crippen LogP contribution in [0.1, 0.15) is 51.4 Å². The van der Waals surface area contributed by atoms with Crippen LogP contribution in [0.4, 0.5) is 11.4 Å². The van der Waals surface area contributed by atoms with Crippen LogP contribution in [0.5, 0.6) is 0 Å². The molecule has 5 nitrogen and oxygen atoms in total. The van der Waals surface area contributed by atoms with Crippen LogP contribution in [0, 0.1) is 5.92 Å². The van der Waals surface area contributed by atoms with Crippen LogP contribution >= 0.6 is 24.0 Å². The molecule has 2 fully saturated rings. The number of anilines is 2. The fourth-order valence-corrected chi connectivity index (χ4v) is 5.58. The number of thioether (sulfide) groups is 1. The van der Waals surface area contributed by atoms with Gasteiger partial charge in [0.2, 0.25) is 0 Å². The monoisotopic (exact) mass is 447 g/mol. The number of nitrogens with zero attached hydrogens (tertiary/aromatic N) is 3. The van der Waals surface area contributed by atoms with Crippen molar-refractivity contribution in [1.29, 1.82) is 0 Å². The Labute approximate surface area is 191 Å². The molecule has 7 heteroatoms. The van der Waals surface area contributed by atoms with Crippen molar-refractivity contribution in [3.05, 3.63) is 24.3 Å². The molecule has 0 amide bonds. The molecular formula is C23H37N5S2. The van der Waals surface area contributed by atoms with Crippen LogP contribution in [0.2, 0.25) is 0 Å². The molecule has 2 aliphatic rings. The number of nitrogens with two attached hydrogens (primary N) is 1. The van der Waals surface area contributed by atoms with Gasteiger partial charge in [-0.2, -0.15) is 4.99 Å². The minimum Gasteiger partial charge on any atom is -0.378 e. The van der Waals surface area contributed by atoms with Gasteiger partial charge in [0.25, 0.3) is 0 Å². The molecule has 1 aliphatic heterocycles. The number of amidine groups is 1. The van der Waals surface area contributed by atoms with Crippen LogP contribution in [0.15, 0.2) is 29.3 Å². The molecule has 3 rings (SSSR count). The van der Waals surface area contributed by atoms with Crippen molar-refractivity contribution in [2.45, 2.75) is 57.4 Å². The number of hydrogen-bond acceptors (Lipinski definition) is 4. The summed E-state index contributed by atoms with van der Waals surface area (Å²) >= 11 is 7.04. The zero-order chi connectivity index (χ0) is 21.3. The maximum absolute atomic E-state index is 6.11. The summed E-state index contributed by atoms with van der Waals surface area (Å²) in [6.45, 7) is 2.21. The van der Waals surface area contributed by atoms with E-state index in [1.54, 1.807) is 11.8 Å². The number of thiocarbonyl (C=S) groups is 1. The molecule has 0 unspecified atom stereocenters. The third-order valence-corrected chi connectivity index (χ3v) is 7.55. The standard InChI is InChI=1S/C23H37N5S2/c1-27(2)20-13-15-28(16-14-20)21-11-9-19(10-12-21)25-23(29)26-22(24)30-17-18-7-5-3-4-6-8-18/h9-12,18,20H,3-8,13-17H2,1-2H3,(H3,24,25,26,29). The molecule has 3 N–H and O–H groups in total. The Balaban J connectivity index is 1.44. The topological polar surface area (TPSA) is 56.9 Å². The molecule has 1 aromatic carbocycles. The number of aliphatic imine (C=N–C) groups is 1. The molecule has 30 heavy (non-hydrogen) atoms. The van der Waals surface area contributed by atoms with E-state index >= 15 is 0 Å². The lowest BCUT2D eigenvalue weighted by Gasteiger charge is -2.36. The SMILES string of the molecule is CN(C)C1CCN(c2ccc(NC(=S)/N=C(\N)SCC3CCCCCC3)cc2)CC1. The lowest BCUT2D eigenvalue weighted by Crippen LogP contribution is -2.41. The molecule has 1 aliphatic carbocycles. The number of rotatable bonds is 5. The van der Waals surface area contributed by atoms with E-state index in [0.717, 1.165) is 30.4 Å². The molecule has 0 spiro atoms. The normalized spacial score (nSPS) is 19.7. The van der Waals surface area contributed by atoms with Crippen LogP contribution in [0.3, 0.4) is 0 Å². The van der Waals surface area contributed by atoms with Gasteiger partial charge in [-0.15, -0.1) is 0 Å². The Hall–Kier alpha value is -1.31. The second-order valence-corrected chi connectivity index (χ2v) is 10.2. The number of hydrogen-bond donors (Lipinski definition) is 2. The molecule has 1 aromatic rings. The molecule has 0 atom stereocenters. The van der Waals surface area contributed by atoms with Crippen molar-refractivity contribution in [3.8, 4) is 0 Å². The molecule has 0 aromatic heterocycles. The lowest BCUT2D eigenvalue weighted by molar-refractivity contribution is 0.249. The highest BCUT2D eigenvalue weighted by Crippen LogP contribution is 2.26. The van der Waals surface area contributed by atoms with Gasteiger partial charge < -0.3 is 20.9 Å². The Morgan fingerprint density at radius 1 is 1.10 bits per heavy atom. The first-order valence-corrected chi connectivity index (χ1v) is 12.7. The van der Waals surface area contributed by atoms with E-state index in [-0.39, 0.29) is 0 Å². The highest BCUT2D eigenvalue weighted by Gasteiger charge is 2.20. The van der Waals surface area contributed by atoms with E-state index in [4.69, 9.17) is 18.0 Å². The van der Waals surface area contributed by atoms with Crippen molar-refractivity contribution in [2.24, 2.45) is 16.6 Å². The number of piperidine rings is 1. The third kappa shape index (κ3) is 7.43. The summed E-state index contributed by atoms with van der Waals surface area (Å²) in [5.41, 5.74) is 8.34. The lowest BCUT2D eigenvalue weighted by atomic mass is 10.0. The first-order chi connectivity index (χ1) is 14.5. The molecular weight excluding hydrogens is 410 g/mol. The van der Waals surface area contributed by atoms with E-state index in [9.17, 15) is 0 Å². The predicted molar refractivity (Wildman–Crippen MR) is 137 cm³/mol. The molecule has 1 saturated heterocycles. The maximum Gasteiger partial charge on any atom is 0.199 e. The quantitative estimate of drug-likeness (QED) is 0.289. The summed E-state index contributed by atoms with van der Waals surface area (Å²) in [6.07, 6.45) is 10.5. The molecule has 1 heterocycles. The molecule has 0 bridgehead atoms. The fourth-order valence-electron chi connectivity index (χ4n) is 4.41. The van der Waals surface area contributed by atoms with Gasteiger partial charge in [-0.05, 0) is 82.2 Å². The van der Waals surface area contributed by atoms with E-state index < -0.39 is 0 Å². The van der Waals surface area contributed by atoms with Crippen LogP contribution < -0.4 is 16.0 Å². The van der Waals surface area contributed by atoms with Crippen molar-refractivity contribution >= 4 is 45.6 Å². The van der Waals surface area contributed by atoms with Gasteiger partial charge >= 0.3 is 0 Å². The van der Waals surface area contributed by atoms with Gasteiger partial charge in [-0.1, -0.05) is 37.4 Å². The minimum atomic E-state index is 0.431. The van der Waals surface area contributed by atoms with Gasteiger partial charge in [-0.25, -0.2) is 0 Å². The van der Waals surface area contributed by atoms with Crippen molar-refractivity contribution in [2.75, 3.05) is 43.2 Å². The van der Waals surface area contributed by atoms with E-state index in [1.165, 1.54) is 57.1 Å². The van der Waals surface area contributed by atoms with Gasteiger partial charge in [0.05, 0.1) is 0 Å². The van der Waals surface area contributed by atoms with Crippen molar-refractivity contribution in [1.82, 2.24) is 4.90 Å². The van der Waals surface area contributed by atoms with Crippen LogP contribution in [-0.4, -0.2) is 54.2 Å². The van der Waals surface area contributed by atoms with Crippen LogP contribution in [0.25, 0.3) is 0 Å². The Bertz CT molecular complexity index is 688. The second-order valence-electron chi connectivity index (χ2n) is 8.78. The smallest absolute Gasteiger partial charge is 0.199 e. The first-order valence-electron chi connectivity index (χ1n) is 11.3. The summed E-state index contributed by atoms with van der Waals surface area (Å²) in [4.78, 5) is 9.18. The summed E-state index contributed by atoms with van der Waals surface area (Å²) in [5, 5.41) is 4.20. The Morgan fingerprint density at radius 3 is 2.33 bits per heavy atom. The van der Waals surface area contributed by atoms with Crippen LogP contribution in [-0.2, 0) is 0 Å². The summed E-state index contributed by atoms with van der Waals surface area (Å²) in [6, 6.07) is 9.17. The predicted octanol–water partition coefficient (Wildman–Crippen LogP) is 4.93. The number of benzene rings is 1. The first kappa shape index (κ1) is 23.4. The summed E-state index contributed by atoms with van der Waals surface area (Å²) in [7, 11) is 4.35. The Kier molecular flexibility index (Phi) is 9.27. The highest BCUT2D eigenvalue weighted by molar-refractivity contribution is 8.13. The van der Waals surface area contributed by atoms with Gasteiger partial charge in [0.15, 0.2) is 10.3 Å². The zero-order valence-electron chi connectivity index (χ0n) is 18.5. The maximum atomic E-state index is 6.11. The Morgan fingerprint density at radius 2 is 1.73 bits per heavy atom. The van der Waals surface area contributed by atoms with Gasteiger partial charge in [0.1, 0.15) is 0 Å². The molecule has 166 valence electrons. The average Bonchev–Trinajstić information content (AvgIpc) is 3.02. The minimum absolute atomic E-state index is 0.431. The largest absolute Gasteiger partial charge is 0.378 e. The van der Waals surface area contributed by atoms with Gasteiger partial charge in [0, 0.05) is 36.3 Å². The number of nitrogens with one attached hydrogen (secondary N) is 1. The third-order valence-electron chi connectivity index (χ3n) is 6.33. The van der Waals surface area contributed by atoms with Crippen molar-refractivity contribution in [3.63, 3.8) is 0 Å².